The molecule has 0 fully saturated rings. The summed E-state index contributed by atoms with van der Waals surface area (Å²) in [5.74, 6) is -0.200. The minimum absolute atomic E-state index is 0.0120. The lowest BCUT2D eigenvalue weighted by molar-refractivity contribution is -0.384. The molecule has 1 aromatic heterocycles. The summed E-state index contributed by atoms with van der Waals surface area (Å²) in [5.41, 5.74) is 1.34. The number of benzene rings is 2. The minimum atomic E-state index is -3.84. The molecule has 152 valence electrons. The monoisotopic (exact) mass is 416 g/mol. The molecular formula is C19H20N4O5S. The van der Waals surface area contributed by atoms with Crippen molar-refractivity contribution in [2.45, 2.75) is 24.4 Å². The third kappa shape index (κ3) is 4.28. The summed E-state index contributed by atoms with van der Waals surface area (Å²) in [4.78, 5) is 24.7. The number of hydrogen-bond donors (Lipinski definition) is 1. The average Bonchev–Trinajstić information content (AvgIpc) is 3.08. The van der Waals surface area contributed by atoms with Crippen molar-refractivity contribution < 1.29 is 18.1 Å². The summed E-state index contributed by atoms with van der Waals surface area (Å²) < 4.78 is 24.8. The molecule has 0 bridgehead atoms. The first-order valence-electron chi connectivity index (χ1n) is 8.69. The fourth-order valence-corrected chi connectivity index (χ4v) is 3.66. The normalized spacial score (nSPS) is 12.7. The van der Waals surface area contributed by atoms with E-state index in [0.29, 0.717) is 16.5 Å². The van der Waals surface area contributed by atoms with Crippen LogP contribution in [0.2, 0.25) is 0 Å². The molecule has 9 nitrogen and oxygen atoms in total. The minimum Gasteiger partial charge on any atom is -0.338 e. The van der Waals surface area contributed by atoms with Crippen molar-refractivity contribution in [3.05, 3.63) is 70.4 Å². The van der Waals surface area contributed by atoms with Crippen LogP contribution in [-0.4, -0.2) is 35.8 Å². The van der Waals surface area contributed by atoms with E-state index >= 15 is 0 Å². The standard InChI is InChI=1S/C19H20N4O5S/c1-13(14-4-3-5-17(11-14)29(20,27)28)21(2)19(24)12-22-9-8-15-10-16(23(25)26)6-7-18(15)22/h3-11,13H,12H2,1-2H3,(H2,20,27,28). The number of likely N-dealkylation sites (N-methyl/N-ethyl adjacent to an activating group) is 1. The van der Waals surface area contributed by atoms with Gasteiger partial charge in [0.25, 0.3) is 5.69 Å². The topological polar surface area (TPSA) is 129 Å². The largest absolute Gasteiger partial charge is 0.338 e. The highest BCUT2D eigenvalue weighted by atomic mass is 32.2. The van der Waals surface area contributed by atoms with Gasteiger partial charge in [0, 0.05) is 36.3 Å². The van der Waals surface area contributed by atoms with Crippen molar-refractivity contribution in [2.75, 3.05) is 7.05 Å². The van der Waals surface area contributed by atoms with Crippen LogP contribution in [0.1, 0.15) is 18.5 Å². The number of non-ortho nitro benzene ring substituents is 1. The lowest BCUT2D eigenvalue weighted by Crippen LogP contribution is -2.32. The molecule has 1 atom stereocenters. The van der Waals surface area contributed by atoms with Crippen LogP contribution in [0.3, 0.4) is 0 Å². The molecule has 1 unspecified atom stereocenters. The van der Waals surface area contributed by atoms with E-state index in [-0.39, 0.29) is 29.1 Å². The number of rotatable bonds is 6. The van der Waals surface area contributed by atoms with Crippen LogP contribution in [0.15, 0.2) is 59.6 Å². The second kappa shape index (κ2) is 7.64. The fraction of sp³-hybridized carbons (Fsp3) is 0.211. The molecule has 29 heavy (non-hydrogen) atoms. The number of sulfonamides is 1. The maximum Gasteiger partial charge on any atom is 0.270 e. The van der Waals surface area contributed by atoms with Crippen LogP contribution >= 0.6 is 0 Å². The van der Waals surface area contributed by atoms with Gasteiger partial charge >= 0.3 is 0 Å². The molecule has 3 aromatic rings. The molecule has 0 aliphatic heterocycles. The van der Waals surface area contributed by atoms with Crippen LogP contribution < -0.4 is 5.14 Å². The molecule has 0 spiro atoms. The Balaban J connectivity index is 1.80. The molecule has 0 radical (unpaired) electrons. The van der Waals surface area contributed by atoms with Crippen molar-refractivity contribution in [3.8, 4) is 0 Å². The number of carbonyl (C=O) groups is 1. The Hall–Kier alpha value is -3.24. The predicted octanol–water partition coefficient (Wildman–Crippen LogP) is 2.42. The molecule has 3 rings (SSSR count). The maximum absolute atomic E-state index is 12.8. The SMILES string of the molecule is CC(c1cccc(S(N)(=O)=O)c1)N(C)C(=O)Cn1ccc2cc([N+](=O)[O-])ccc21. The summed E-state index contributed by atoms with van der Waals surface area (Å²) in [6, 6.07) is 12.0. The van der Waals surface area contributed by atoms with Gasteiger partial charge < -0.3 is 9.47 Å². The molecule has 0 aliphatic carbocycles. The van der Waals surface area contributed by atoms with E-state index in [4.69, 9.17) is 5.14 Å². The summed E-state index contributed by atoms with van der Waals surface area (Å²) in [5, 5.41) is 16.8. The van der Waals surface area contributed by atoms with Crippen molar-refractivity contribution in [1.82, 2.24) is 9.47 Å². The number of fused-ring (bicyclic) bond motifs is 1. The van der Waals surface area contributed by atoms with Crippen LogP contribution in [0, 0.1) is 10.1 Å². The van der Waals surface area contributed by atoms with Gasteiger partial charge in [-0.05, 0) is 36.8 Å². The number of nitrogens with two attached hydrogens (primary N) is 1. The number of nitro benzene ring substituents is 1. The Morgan fingerprint density at radius 1 is 1.24 bits per heavy atom. The van der Waals surface area contributed by atoms with E-state index < -0.39 is 14.9 Å². The highest BCUT2D eigenvalue weighted by molar-refractivity contribution is 7.89. The number of amides is 1. The van der Waals surface area contributed by atoms with Crippen LogP contribution in [0.25, 0.3) is 10.9 Å². The average molecular weight is 416 g/mol. The second-order valence-corrected chi connectivity index (χ2v) is 8.30. The van der Waals surface area contributed by atoms with Gasteiger partial charge in [-0.25, -0.2) is 13.6 Å². The third-order valence-corrected chi connectivity index (χ3v) is 5.83. The van der Waals surface area contributed by atoms with Gasteiger partial charge in [-0.2, -0.15) is 0 Å². The molecule has 1 amide bonds. The first kappa shape index (κ1) is 20.5. The van der Waals surface area contributed by atoms with E-state index in [1.54, 1.807) is 49.0 Å². The summed E-state index contributed by atoms with van der Waals surface area (Å²) >= 11 is 0. The van der Waals surface area contributed by atoms with E-state index in [2.05, 4.69) is 0 Å². The molecule has 0 saturated heterocycles. The Kier molecular flexibility index (Phi) is 5.40. The molecule has 0 aliphatic rings. The first-order valence-corrected chi connectivity index (χ1v) is 10.2. The smallest absolute Gasteiger partial charge is 0.270 e. The van der Waals surface area contributed by atoms with Crippen molar-refractivity contribution in [2.24, 2.45) is 5.14 Å². The van der Waals surface area contributed by atoms with E-state index in [1.165, 1.54) is 29.2 Å². The van der Waals surface area contributed by atoms with Gasteiger partial charge in [0.1, 0.15) is 6.54 Å². The molecule has 1 heterocycles. The second-order valence-electron chi connectivity index (χ2n) is 6.74. The number of hydrogen-bond acceptors (Lipinski definition) is 5. The van der Waals surface area contributed by atoms with Gasteiger partial charge in [0.2, 0.25) is 15.9 Å². The number of nitro groups is 1. The Morgan fingerprint density at radius 3 is 2.62 bits per heavy atom. The molecule has 0 saturated carbocycles. The third-order valence-electron chi connectivity index (χ3n) is 4.91. The molecule has 2 N–H and O–H groups in total. The number of aromatic nitrogens is 1. The van der Waals surface area contributed by atoms with E-state index in [0.717, 1.165) is 0 Å². The zero-order valence-electron chi connectivity index (χ0n) is 15.8. The van der Waals surface area contributed by atoms with Crippen LogP contribution in [-0.2, 0) is 21.4 Å². The summed E-state index contributed by atoms with van der Waals surface area (Å²) in [6.07, 6.45) is 1.70. The van der Waals surface area contributed by atoms with Crippen LogP contribution in [0.4, 0.5) is 5.69 Å². The fourth-order valence-electron chi connectivity index (χ4n) is 3.09. The lowest BCUT2D eigenvalue weighted by atomic mass is 10.1. The first-order chi connectivity index (χ1) is 13.6. The van der Waals surface area contributed by atoms with Gasteiger partial charge in [-0.15, -0.1) is 0 Å². The van der Waals surface area contributed by atoms with Crippen molar-refractivity contribution in [3.63, 3.8) is 0 Å². The Morgan fingerprint density at radius 2 is 1.97 bits per heavy atom. The lowest BCUT2D eigenvalue weighted by Gasteiger charge is -2.26. The van der Waals surface area contributed by atoms with Gasteiger partial charge in [-0.1, -0.05) is 12.1 Å². The highest BCUT2D eigenvalue weighted by Crippen LogP contribution is 2.24. The Bertz CT molecular complexity index is 1200. The number of nitrogens with zero attached hydrogens (tertiary/aromatic N) is 3. The quantitative estimate of drug-likeness (QED) is 0.487. The van der Waals surface area contributed by atoms with Gasteiger partial charge in [-0.3, -0.25) is 14.9 Å². The van der Waals surface area contributed by atoms with Gasteiger partial charge in [0.05, 0.1) is 15.9 Å². The van der Waals surface area contributed by atoms with Gasteiger partial charge in [0.15, 0.2) is 0 Å². The molecule has 10 heteroatoms. The van der Waals surface area contributed by atoms with Crippen molar-refractivity contribution in [1.29, 1.82) is 0 Å². The number of carbonyl (C=O) groups excluding carboxylic acids is 1. The number of primary sulfonamides is 1. The summed E-state index contributed by atoms with van der Waals surface area (Å²) in [7, 11) is -2.20. The van der Waals surface area contributed by atoms with Crippen molar-refractivity contribution >= 4 is 32.5 Å². The zero-order chi connectivity index (χ0) is 21.3. The predicted molar refractivity (Wildman–Crippen MR) is 108 cm³/mol. The highest BCUT2D eigenvalue weighted by Gasteiger charge is 2.20. The molecular weight excluding hydrogens is 396 g/mol. The maximum atomic E-state index is 12.8. The molecule has 2 aromatic carbocycles. The Labute approximate surface area is 167 Å². The zero-order valence-corrected chi connectivity index (χ0v) is 16.7. The van der Waals surface area contributed by atoms with Crippen LogP contribution in [0.5, 0.6) is 0 Å². The van der Waals surface area contributed by atoms with E-state index in [1.807, 2.05) is 0 Å². The summed E-state index contributed by atoms with van der Waals surface area (Å²) in [6.45, 7) is 1.83. The van der Waals surface area contributed by atoms with E-state index in [9.17, 15) is 23.3 Å².